The number of carbonyl (C=O) groups is 1. The van der Waals surface area contributed by atoms with Gasteiger partial charge in [-0.2, -0.15) is 0 Å². The van der Waals surface area contributed by atoms with Crippen LogP contribution in [0.4, 0.5) is 4.39 Å². The summed E-state index contributed by atoms with van der Waals surface area (Å²) in [5, 5.41) is 3.75. The number of methoxy groups -OCH3 is 1. The number of esters is 1. The third-order valence-corrected chi connectivity index (χ3v) is 2.29. The molecule has 0 bridgehead atoms. The van der Waals surface area contributed by atoms with Crippen LogP contribution >= 0.6 is 0 Å². The number of benzene rings is 1. The molecule has 5 heteroatoms. The number of ether oxygens (including phenoxy) is 1. The third kappa shape index (κ3) is 2.03. The fourth-order valence-corrected chi connectivity index (χ4v) is 1.47. The van der Waals surface area contributed by atoms with Gasteiger partial charge in [-0.1, -0.05) is 17.3 Å². The molecule has 2 rings (SSSR count). The zero-order chi connectivity index (χ0) is 11.5. The van der Waals surface area contributed by atoms with Crippen molar-refractivity contribution in [1.29, 1.82) is 0 Å². The Balaban J connectivity index is 2.12. The van der Waals surface area contributed by atoms with Crippen LogP contribution in [0.25, 0.3) is 0 Å². The fraction of sp³-hybridized carbons (Fsp3) is 0.273. The van der Waals surface area contributed by atoms with Crippen molar-refractivity contribution >= 4 is 11.7 Å². The first-order chi connectivity index (χ1) is 7.70. The molecule has 0 amide bonds. The lowest BCUT2D eigenvalue weighted by atomic mass is 10.1. The number of carbonyl (C=O) groups excluding carboxylic acids is 1. The van der Waals surface area contributed by atoms with Crippen LogP contribution in [0.3, 0.4) is 0 Å². The maximum Gasteiger partial charge on any atom is 0.350 e. The monoisotopic (exact) mass is 223 g/mol. The number of halogens is 1. The fourth-order valence-electron chi connectivity index (χ4n) is 1.47. The van der Waals surface area contributed by atoms with Gasteiger partial charge in [0, 0.05) is 12.0 Å². The molecule has 0 saturated heterocycles. The summed E-state index contributed by atoms with van der Waals surface area (Å²) in [7, 11) is 1.28. The Kier molecular flexibility index (Phi) is 2.85. The van der Waals surface area contributed by atoms with Crippen molar-refractivity contribution in [2.75, 3.05) is 7.11 Å². The van der Waals surface area contributed by atoms with Gasteiger partial charge in [-0.3, -0.25) is 0 Å². The van der Waals surface area contributed by atoms with Gasteiger partial charge in [0.2, 0.25) is 6.10 Å². The number of rotatable bonds is 2. The highest BCUT2D eigenvalue weighted by atomic mass is 19.1. The predicted molar refractivity (Wildman–Crippen MR) is 54.4 cm³/mol. The molecule has 1 heterocycles. The van der Waals surface area contributed by atoms with E-state index in [-0.39, 0.29) is 5.82 Å². The maximum absolute atomic E-state index is 13.0. The summed E-state index contributed by atoms with van der Waals surface area (Å²) in [6.07, 6.45) is -0.417. The second kappa shape index (κ2) is 4.30. The summed E-state index contributed by atoms with van der Waals surface area (Å²) in [6, 6.07) is 5.99. The van der Waals surface area contributed by atoms with E-state index in [2.05, 4.69) is 9.89 Å². The van der Waals surface area contributed by atoms with Gasteiger partial charge in [0.15, 0.2) is 0 Å². The molecule has 84 valence electrons. The van der Waals surface area contributed by atoms with E-state index in [1.807, 2.05) is 0 Å². The highest BCUT2D eigenvalue weighted by Gasteiger charge is 2.29. The predicted octanol–water partition coefficient (Wildman–Crippen LogP) is 1.49. The minimum absolute atomic E-state index is 0.302. The number of hydrogen-bond acceptors (Lipinski definition) is 4. The van der Waals surface area contributed by atoms with Crippen molar-refractivity contribution in [2.24, 2.45) is 5.16 Å². The molecule has 0 saturated carbocycles. The van der Waals surface area contributed by atoms with E-state index in [9.17, 15) is 9.18 Å². The zero-order valence-corrected chi connectivity index (χ0v) is 8.64. The average Bonchev–Trinajstić information content (AvgIpc) is 2.77. The summed E-state index contributed by atoms with van der Waals surface area (Å²) in [5.74, 6) is -0.822. The molecule has 1 aromatic rings. The molecule has 0 aromatic heterocycles. The molecule has 0 N–H and O–H groups in total. The smallest absolute Gasteiger partial charge is 0.350 e. The van der Waals surface area contributed by atoms with Crippen LogP contribution in [0.5, 0.6) is 0 Å². The summed E-state index contributed by atoms with van der Waals surface area (Å²) < 4.78 is 17.5. The van der Waals surface area contributed by atoms with E-state index in [4.69, 9.17) is 4.84 Å². The number of oxime groups is 1. The molecule has 0 spiro atoms. The molecular formula is C11H10FNO3. The lowest BCUT2D eigenvalue weighted by Crippen LogP contribution is -2.22. The summed E-state index contributed by atoms with van der Waals surface area (Å²) in [4.78, 5) is 16.1. The van der Waals surface area contributed by atoms with Crippen molar-refractivity contribution < 1.29 is 18.8 Å². The van der Waals surface area contributed by atoms with E-state index in [0.717, 1.165) is 0 Å². The van der Waals surface area contributed by atoms with Crippen molar-refractivity contribution in [3.05, 3.63) is 35.6 Å². The number of nitrogens with zero attached hydrogens (tertiary/aromatic N) is 1. The van der Waals surface area contributed by atoms with Crippen LogP contribution in [-0.4, -0.2) is 24.9 Å². The normalized spacial score (nSPS) is 18.9. The lowest BCUT2D eigenvalue weighted by molar-refractivity contribution is -0.152. The zero-order valence-electron chi connectivity index (χ0n) is 8.64. The Labute approximate surface area is 91.7 Å². The molecule has 16 heavy (non-hydrogen) atoms. The van der Waals surface area contributed by atoms with Gasteiger partial charge in [-0.15, -0.1) is 0 Å². The van der Waals surface area contributed by atoms with Gasteiger partial charge in [-0.05, 0) is 12.1 Å². The molecule has 1 aliphatic rings. The van der Waals surface area contributed by atoms with Crippen LogP contribution in [0.15, 0.2) is 29.4 Å². The summed E-state index contributed by atoms with van der Waals surface area (Å²) >= 11 is 0. The van der Waals surface area contributed by atoms with Crippen LogP contribution in [0.2, 0.25) is 0 Å². The molecule has 1 aromatic carbocycles. The average molecular weight is 223 g/mol. The Bertz CT molecular complexity index is 445. The lowest BCUT2D eigenvalue weighted by Gasteiger charge is -2.04. The van der Waals surface area contributed by atoms with Crippen molar-refractivity contribution in [2.45, 2.75) is 12.5 Å². The molecule has 4 nitrogen and oxygen atoms in total. The van der Waals surface area contributed by atoms with Crippen LogP contribution in [0, 0.1) is 5.82 Å². The van der Waals surface area contributed by atoms with Gasteiger partial charge in [0.1, 0.15) is 5.82 Å². The van der Waals surface area contributed by atoms with Crippen LogP contribution in [0.1, 0.15) is 12.0 Å². The van der Waals surface area contributed by atoms with Gasteiger partial charge >= 0.3 is 5.97 Å². The first kappa shape index (κ1) is 10.6. The minimum Gasteiger partial charge on any atom is -0.466 e. The summed E-state index contributed by atoms with van der Waals surface area (Å²) in [5.41, 5.74) is 1.17. The van der Waals surface area contributed by atoms with Crippen molar-refractivity contribution in [3.8, 4) is 0 Å². The highest BCUT2D eigenvalue weighted by Crippen LogP contribution is 2.18. The maximum atomic E-state index is 13.0. The largest absolute Gasteiger partial charge is 0.466 e. The second-order valence-electron chi connectivity index (χ2n) is 3.37. The van der Waals surface area contributed by atoms with E-state index in [0.29, 0.717) is 17.7 Å². The van der Waals surface area contributed by atoms with Crippen LogP contribution in [-0.2, 0) is 14.4 Å². The Morgan fingerprint density at radius 2 is 2.44 bits per heavy atom. The molecule has 1 atom stereocenters. The van der Waals surface area contributed by atoms with Crippen molar-refractivity contribution in [1.82, 2.24) is 0 Å². The molecule has 0 aliphatic carbocycles. The molecule has 0 radical (unpaired) electrons. The first-order valence-electron chi connectivity index (χ1n) is 4.77. The van der Waals surface area contributed by atoms with E-state index >= 15 is 0 Å². The van der Waals surface area contributed by atoms with Gasteiger partial charge < -0.3 is 9.57 Å². The first-order valence-corrected chi connectivity index (χ1v) is 4.77. The van der Waals surface area contributed by atoms with Gasteiger partial charge in [0.05, 0.1) is 12.8 Å². The van der Waals surface area contributed by atoms with Crippen molar-refractivity contribution in [3.63, 3.8) is 0 Å². The van der Waals surface area contributed by atoms with E-state index in [1.54, 1.807) is 12.1 Å². The van der Waals surface area contributed by atoms with Gasteiger partial charge in [0.25, 0.3) is 0 Å². The molecule has 0 unspecified atom stereocenters. The molecular weight excluding hydrogens is 213 g/mol. The van der Waals surface area contributed by atoms with Gasteiger partial charge in [-0.25, -0.2) is 9.18 Å². The highest BCUT2D eigenvalue weighted by molar-refractivity contribution is 6.03. The topological polar surface area (TPSA) is 47.9 Å². The SMILES string of the molecule is COC(=O)[C@@H]1CC(c2cccc(F)c2)=NO1. The summed E-state index contributed by atoms with van der Waals surface area (Å²) in [6.45, 7) is 0. The Morgan fingerprint density at radius 1 is 1.62 bits per heavy atom. The van der Waals surface area contributed by atoms with E-state index in [1.165, 1.54) is 19.2 Å². The van der Waals surface area contributed by atoms with E-state index < -0.39 is 12.1 Å². The molecule has 1 aliphatic heterocycles. The standard InChI is InChI=1S/C11H10FNO3/c1-15-11(14)10-6-9(13-16-10)7-3-2-4-8(12)5-7/h2-5,10H,6H2,1H3/t10-/m0/s1. The molecule has 0 fully saturated rings. The minimum atomic E-state index is -0.719. The Hall–Kier alpha value is -1.91. The number of hydrogen-bond donors (Lipinski definition) is 0. The van der Waals surface area contributed by atoms with Crippen LogP contribution < -0.4 is 0 Å². The quantitative estimate of drug-likeness (QED) is 0.714. The third-order valence-electron chi connectivity index (χ3n) is 2.29. The Morgan fingerprint density at radius 3 is 3.12 bits per heavy atom. The second-order valence-corrected chi connectivity index (χ2v) is 3.37.